The number of nitrogens with two attached hydrogens (primary N) is 1. The topological polar surface area (TPSA) is 375 Å². The number of nitrogens with zero attached hydrogens (tertiary/aromatic N) is 4. The highest BCUT2D eigenvalue weighted by molar-refractivity contribution is 8.14. The van der Waals surface area contributed by atoms with Crippen molar-refractivity contribution in [1.82, 2.24) is 30.2 Å². The van der Waals surface area contributed by atoms with Crippen LogP contribution >= 0.6 is 35.2 Å². The molecule has 1 aliphatic heterocycles. The molecular weight excluding hydrogens is 807 g/mol. The number of aromatic nitrogens is 4. The van der Waals surface area contributed by atoms with Crippen molar-refractivity contribution in [3.8, 4) is 0 Å². The van der Waals surface area contributed by atoms with Crippen molar-refractivity contribution < 1.29 is 80.5 Å². The average Bonchev–Trinajstić information content (AvgIpc) is 3.64. The molecule has 1 saturated heterocycles. The summed E-state index contributed by atoms with van der Waals surface area (Å²) in [5.41, 5.74) is 4.64. The van der Waals surface area contributed by atoms with E-state index in [1.807, 2.05) is 0 Å². The van der Waals surface area contributed by atoms with E-state index in [1.165, 1.54) is 13.8 Å². The molecule has 28 heteroatoms. The first-order valence-electron chi connectivity index (χ1n) is 15.6. The largest absolute Gasteiger partial charge is 0.790 e. The number of aliphatic hydroxyl groups excluding tert-OH is 2. The minimum atomic E-state index is -5.91. The fourth-order valence-electron chi connectivity index (χ4n) is 4.48. The second kappa shape index (κ2) is 19.0. The number of thioether (sulfide) groups is 1. The molecule has 2 aromatic heterocycles. The van der Waals surface area contributed by atoms with Crippen LogP contribution in [-0.2, 0) is 50.7 Å². The monoisotopic (exact) mass is 845 g/mol. The molecule has 2 aromatic rings. The third-order valence-corrected chi connectivity index (χ3v) is 11.5. The van der Waals surface area contributed by atoms with Crippen molar-refractivity contribution in [3.05, 3.63) is 24.3 Å². The summed E-state index contributed by atoms with van der Waals surface area (Å²) in [6, 6.07) is 0. The Morgan fingerprint density at radius 2 is 1.78 bits per heavy atom. The number of nitrogens with one attached hydrogen (secondary N) is 2. The second-order valence-electron chi connectivity index (χ2n) is 12.1. The van der Waals surface area contributed by atoms with Crippen molar-refractivity contribution in [1.29, 1.82) is 0 Å². The average molecular weight is 846 g/mol. The maximum Gasteiger partial charge on any atom is 0.274 e. The van der Waals surface area contributed by atoms with Crippen LogP contribution in [0.4, 0.5) is 5.82 Å². The minimum absolute atomic E-state index is 0.0218. The number of hydrogen-bond donors (Lipinski definition) is 5. The summed E-state index contributed by atoms with van der Waals surface area (Å²) in [6.07, 6.45) is -5.92. The van der Waals surface area contributed by atoms with Gasteiger partial charge in [-0.05, 0) is 19.4 Å². The normalized spacial score (nSPS) is 22.4. The number of fused-ring (bicyclic) bond motifs is 1. The molecule has 1 aliphatic rings. The Balaban J connectivity index is 1.51. The molecule has 2 unspecified atom stereocenters. The van der Waals surface area contributed by atoms with Crippen LogP contribution in [0.25, 0.3) is 11.2 Å². The predicted octanol–water partition coefficient (Wildman–Crippen LogP) is -2.90. The van der Waals surface area contributed by atoms with Gasteiger partial charge in [-0.2, -0.15) is 0 Å². The third-order valence-electron chi connectivity index (χ3n) is 7.47. The lowest BCUT2D eigenvalue weighted by Crippen LogP contribution is -2.46. The molecule has 0 bridgehead atoms. The molecule has 7 atom stereocenters. The molecule has 24 nitrogen and oxygen atoms in total. The molecule has 0 spiro atoms. The predicted molar refractivity (Wildman–Crippen MR) is 178 cm³/mol. The van der Waals surface area contributed by atoms with Crippen LogP contribution in [0, 0.1) is 5.41 Å². The van der Waals surface area contributed by atoms with Gasteiger partial charge in [-0.3, -0.25) is 28.1 Å². The highest BCUT2D eigenvalue weighted by atomic mass is 32.2. The van der Waals surface area contributed by atoms with Crippen molar-refractivity contribution in [2.45, 2.75) is 64.8 Å². The Hall–Kier alpha value is -2.70. The first kappa shape index (κ1) is 45.7. The maximum atomic E-state index is 12.5. The van der Waals surface area contributed by atoms with E-state index in [9.17, 15) is 57.9 Å². The minimum Gasteiger partial charge on any atom is -0.790 e. The molecule has 6 N–H and O–H groups in total. The van der Waals surface area contributed by atoms with E-state index in [1.54, 1.807) is 19.9 Å². The molecule has 0 saturated carbocycles. The van der Waals surface area contributed by atoms with Crippen molar-refractivity contribution in [3.63, 3.8) is 0 Å². The molecular formula is C26H38N7O17P3S-4. The van der Waals surface area contributed by atoms with Gasteiger partial charge in [-0.25, -0.2) is 19.3 Å². The third kappa shape index (κ3) is 13.2. The number of nitrogen functional groups attached to an aromatic ring is 1. The number of anilines is 1. The molecule has 3 heterocycles. The van der Waals surface area contributed by atoms with E-state index < -0.39 is 84.6 Å². The molecule has 2 amide bonds. The number of carbonyl (C=O) groups excluding carboxylic acids is 3. The second-order valence-corrected chi connectivity index (χ2v) is 17.2. The van der Waals surface area contributed by atoms with Crippen molar-refractivity contribution in [2.75, 3.05) is 37.8 Å². The fraction of sp³-hybridized carbons (Fsp3) is 0.615. The van der Waals surface area contributed by atoms with E-state index in [-0.39, 0.29) is 41.6 Å². The summed E-state index contributed by atoms with van der Waals surface area (Å²) in [5, 5.41) is 26.0. The molecule has 1 fully saturated rings. The van der Waals surface area contributed by atoms with E-state index in [4.69, 9.17) is 10.5 Å². The van der Waals surface area contributed by atoms with Gasteiger partial charge in [0, 0.05) is 30.7 Å². The zero-order valence-corrected chi connectivity index (χ0v) is 32.5. The Morgan fingerprint density at radius 1 is 1.11 bits per heavy atom. The Bertz CT molecular complexity index is 1840. The smallest absolute Gasteiger partial charge is 0.274 e. The van der Waals surface area contributed by atoms with Crippen LogP contribution in [0.5, 0.6) is 0 Å². The first-order valence-corrected chi connectivity index (χ1v) is 21.0. The van der Waals surface area contributed by atoms with Crippen LogP contribution in [0.1, 0.15) is 40.3 Å². The number of hydrogen-bond acceptors (Lipinski definition) is 22. The Labute approximate surface area is 311 Å². The van der Waals surface area contributed by atoms with E-state index in [2.05, 4.69) is 43.5 Å². The van der Waals surface area contributed by atoms with Gasteiger partial charge >= 0.3 is 0 Å². The number of allylic oxidation sites excluding steroid dienone is 1. The van der Waals surface area contributed by atoms with Gasteiger partial charge in [0.2, 0.25) is 16.9 Å². The number of imidazole rings is 1. The van der Waals surface area contributed by atoms with Gasteiger partial charge in [0.1, 0.15) is 36.3 Å². The number of carbonyl (C=O) groups is 3. The van der Waals surface area contributed by atoms with Crippen LogP contribution in [0.15, 0.2) is 24.3 Å². The molecule has 0 radical (unpaired) electrons. The first-order chi connectivity index (χ1) is 25.0. The van der Waals surface area contributed by atoms with E-state index in [0.717, 1.165) is 29.0 Å². The summed E-state index contributed by atoms with van der Waals surface area (Å²) in [7, 11) is -17.6. The molecule has 3 rings (SSSR count). The van der Waals surface area contributed by atoms with Gasteiger partial charge in [0.25, 0.3) is 15.6 Å². The van der Waals surface area contributed by atoms with Gasteiger partial charge < -0.3 is 69.0 Å². The summed E-state index contributed by atoms with van der Waals surface area (Å²) >= 11 is 1.02. The quantitative estimate of drug-likeness (QED) is 0.0507. The van der Waals surface area contributed by atoms with Gasteiger partial charge in [-0.1, -0.05) is 31.7 Å². The number of aliphatic hydroxyl groups is 2. The van der Waals surface area contributed by atoms with Crippen LogP contribution < -0.4 is 35.9 Å². The summed E-state index contributed by atoms with van der Waals surface area (Å²) in [5.74, 6) is -1.24. The molecule has 54 heavy (non-hydrogen) atoms. The van der Waals surface area contributed by atoms with Crippen molar-refractivity contribution >= 4 is 69.1 Å². The Morgan fingerprint density at radius 3 is 2.43 bits per heavy atom. The summed E-state index contributed by atoms with van der Waals surface area (Å²) in [4.78, 5) is 95.6. The zero-order valence-electron chi connectivity index (χ0n) is 29.0. The van der Waals surface area contributed by atoms with Crippen molar-refractivity contribution in [2.24, 2.45) is 5.41 Å². The standard InChI is InChI=1S/C26H42N7O17P3S/c1-5-14(2)25(38)54-9-8-28-16(34)6-7-29-23(37)20(36)26(3,4)11-47-53(44,45)50-52(42,43)46-10-15-19(49-51(39,40)41)18(35)24(48-15)33-13-32-17-21(27)30-12-31-22(17)33/h5,12-13,15,18-20,24,35-36H,6-11H2,1-4H3,(H,28,34)(H,29,37)(H,42,43)(H,44,45)(H2,27,30,31)(H2,39,40,41)/p-4/b14-5+/t15-,18-,19-,20+,24-/m1/s1. The lowest BCUT2D eigenvalue weighted by atomic mass is 9.87. The lowest BCUT2D eigenvalue weighted by molar-refractivity contribution is -0.347. The summed E-state index contributed by atoms with van der Waals surface area (Å²) in [6.45, 7) is 3.46. The van der Waals surface area contributed by atoms with Crippen LogP contribution in [0.2, 0.25) is 0 Å². The zero-order chi connectivity index (χ0) is 40.6. The number of rotatable bonds is 20. The lowest BCUT2D eigenvalue weighted by Gasteiger charge is -2.36. The number of amides is 2. The van der Waals surface area contributed by atoms with Gasteiger partial charge in [0.05, 0.1) is 27.4 Å². The fourth-order valence-corrected chi connectivity index (χ4v) is 7.95. The number of phosphoric acid groups is 3. The maximum absolute atomic E-state index is 12.5. The van der Waals surface area contributed by atoms with Gasteiger partial charge in [-0.15, -0.1) is 0 Å². The van der Waals surface area contributed by atoms with E-state index >= 15 is 0 Å². The number of ether oxygens (including phenoxy) is 1. The Kier molecular flexibility index (Phi) is 16.0. The van der Waals surface area contributed by atoms with E-state index in [0.29, 0.717) is 11.3 Å². The molecule has 304 valence electrons. The summed E-state index contributed by atoms with van der Waals surface area (Å²) < 4.78 is 60.4. The van der Waals surface area contributed by atoms with Gasteiger partial charge in [0.15, 0.2) is 17.7 Å². The highest BCUT2D eigenvalue weighted by Gasteiger charge is 2.47. The number of phosphoric ester groups is 3. The van der Waals surface area contributed by atoms with Crippen LogP contribution in [-0.4, -0.2) is 103 Å². The highest BCUT2D eigenvalue weighted by Crippen LogP contribution is 2.56. The van der Waals surface area contributed by atoms with Crippen LogP contribution in [0.3, 0.4) is 0 Å². The SMILES string of the molecule is C/C=C(\C)C(=O)SCCNC(=O)CCNC(=O)[C@H](O)C(C)(C)COP(=O)([O-])OP(=O)([O-])OC[C@H]1O[C@@H](n2cnc3c(N)ncnc32)[C@H](O)[C@@H]1OP(=O)([O-])[O-]. The molecule has 0 aliphatic carbocycles. The molecule has 0 aromatic carbocycles.